The van der Waals surface area contributed by atoms with E-state index in [2.05, 4.69) is 5.32 Å². The van der Waals surface area contributed by atoms with Crippen LogP contribution in [-0.2, 0) is 9.53 Å². The largest absolute Gasteiger partial charge is 0.459 e. The molecule has 3 nitrogen and oxygen atoms in total. The fourth-order valence-corrected chi connectivity index (χ4v) is 2.21. The second-order valence-electron chi connectivity index (χ2n) is 5.28. The highest BCUT2D eigenvalue weighted by atomic mass is 19.3. The normalized spacial score (nSPS) is 37.3. The lowest BCUT2D eigenvalue weighted by molar-refractivity contribution is -0.165. The van der Waals surface area contributed by atoms with Crippen LogP contribution in [0.5, 0.6) is 0 Å². The Labute approximate surface area is 87.2 Å². The van der Waals surface area contributed by atoms with Gasteiger partial charge in [-0.1, -0.05) is 0 Å². The molecule has 0 spiro atoms. The van der Waals surface area contributed by atoms with Gasteiger partial charge in [0.1, 0.15) is 5.60 Å². The summed E-state index contributed by atoms with van der Waals surface area (Å²) in [5.41, 5.74) is -2.29. The summed E-state index contributed by atoms with van der Waals surface area (Å²) in [6.07, 6.45) is 0. The first kappa shape index (κ1) is 10.8. The van der Waals surface area contributed by atoms with Crippen LogP contribution < -0.4 is 5.32 Å². The molecular formula is C10H15F2NO2. The monoisotopic (exact) mass is 219 g/mol. The van der Waals surface area contributed by atoms with Gasteiger partial charge in [-0.25, -0.2) is 8.78 Å². The van der Waals surface area contributed by atoms with Crippen molar-refractivity contribution in [3.8, 4) is 0 Å². The lowest BCUT2D eigenvalue weighted by Crippen LogP contribution is -2.37. The second-order valence-corrected chi connectivity index (χ2v) is 5.28. The van der Waals surface area contributed by atoms with Crippen molar-refractivity contribution in [2.45, 2.75) is 32.3 Å². The molecule has 2 atom stereocenters. The van der Waals surface area contributed by atoms with Crippen molar-refractivity contribution >= 4 is 5.97 Å². The van der Waals surface area contributed by atoms with Gasteiger partial charge in [0.2, 0.25) is 0 Å². The third kappa shape index (κ3) is 1.29. The second kappa shape index (κ2) is 2.70. The smallest absolute Gasteiger partial charge is 0.320 e. The molecule has 1 aliphatic heterocycles. The molecule has 0 aromatic rings. The highest BCUT2D eigenvalue weighted by Gasteiger charge is 2.87. The highest BCUT2D eigenvalue weighted by molar-refractivity contribution is 5.84. The van der Waals surface area contributed by atoms with Gasteiger partial charge in [-0.15, -0.1) is 0 Å². The van der Waals surface area contributed by atoms with E-state index < -0.39 is 28.8 Å². The van der Waals surface area contributed by atoms with Crippen LogP contribution in [0, 0.1) is 11.3 Å². The van der Waals surface area contributed by atoms with E-state index in [9.17, 15) is 13.6 Å². The minimum atomic E-state index is -2.89. The van der Waals surface area contributed by atoms with Gasteiger partial charge >= 0.3 is 5.97 Å². The van der Waals surface area contributed by atoms with E-state index in [-0.39, 0.29) is 13.1 Å². The van der Waals surface area contributed by atoms with Crippen LogP contribution >= 0.6 is 0 Å². The number of hydrogen-bond acceptors (Lipinski definition) is 3. The number of nitrogens with one attached hydrogen (secondary N) is 1. The van der Waals surface area contributed by atoms with Gasteiger partial charge in [-0.3, -0.25) is 4.79 Å². The number of hydrogen-bond donors (Lipinski definition) is 1. The topological polar surface area (TPSA) is 38.3 Å². The highest BCUT2D eigenvalue weighted by Crippen LogP contribution is 2.68. The molecule has 15 heavy (non-hydrogen) atoms. The summed E-state index contributed by atoms with van der Waals surface area (Å²) >= 11 is 0. The van der Waals surface area contributed by atoms with Crippen molar-refractivity contribution < 1.29 is 18.3 Å². The Hall–Kier alpha value is -0.710. The maximum Gasteiger partial charge on any atom is 0.320 e. The fraction of sp³-hybridized carbons (Fsp3) is 0.900. The average Bonchev–Trinajstić information content (AvgIpc) is 2.44. The zero-order valence-corrected chi connectivity index (χ0v) is 9.06. The Bertz CT molecular complexity index is 311. The molecule has 1 aliphatic carbocycles. The number of piperidine rings is 1. The van der Waals surface area contributed by atoms with Crippen LogP contribution in [-0.4, -0.2) is 30.6 Å². The van der Waals surface area contributed by atoms with Crippen LogP contribution in [0.3, 0.4) is 0 Å². The SMILES string of the molecule is CC(C)(C)OC(=O)C12CNCC1C2(F)F. The van der Waals surface area contributed by atoms with Gasteiger partial charge < -0.3 is 10.1 Å². The maximum absolute atomic E-state index is 13.4. The molecular weight excluding hydrogens is 204 g/mol. The summed E-state index contributed by atoms with van der Waals surface area (Å²) in [6, 6.07) is 0. The van der Waals surface area contributed by atoms with Gasteiger partial charge in [0.15, 0.2) is 5.41 Å². The van der Waals surface area contributed by atoms with Crippen LogP contribution in [0.1, 0.15) is 20.8 Å². The lowest BCUT2D eigenvalue weighted by Gasteiger charge is -2.23. The van der Waals surface area contributed by atoms with Crippen molar-refractivity contribution in [1.29, 1.82) is 0 Å². The average molecular weight is 219 g/mol. The first-order valence-corrected chi connectivity index (χ1v) is 5.04. The van der Waals surface area contributed by atoms with Crippen LogP contribution in [0.15, 0.2) is 0 Å². The van der Waals surface area contributed by atoms with Gasteiger partial charge in [0.25, 0.3) is 5.92 Å². The molecule has 0 radical (unpaired) electrons. The van der Waals surface area contributed by atoms with E-state index >= 15 is 0 Å². The summed E-state index contributed by atoms with van der Waals surface area (Å²) in [4.78, 5) is 11.7. The van der Waals surface area contributed by atoms with Crippen LogP contribution in [0.4, 0.5) is 8.78 Å². The molecule has 1 saturated carbocycles. The Kier molecular flexibility index (Phi) is 1.94. The van der Waals surface area contributed by atoms with Gasteiger partial charge in [0, 0.05) is 13.1 Å². The summed E-state index contributed by atoms with van der Waals surface area (Å²) in [5, 5.41) is 2.80. The minimum Gasteiger partial charge on any atom is -0.459 e. The predicted octanol–water partition coefficient (Wildman–Crippen LogP) is 1.18. The van der Waals surface area contributed by atoms with Crippen LogP contribution in [0.25, 0.3) is 0 Å². The molecule has 2 rings (SSSR count). The van der Waals surface area contributed by atoms with Crippen molar-refractivity contribution in [2.24, 2.45) is 11.3 Å². The Morgan fingerprint density at radius 2 is 2.07 bits per heavy atom. The number of esters is 1. The molecule has 0 amide bonds. The first-order chi connectivity index (χ1) is 6.72. The molecule has 2 unspecified atom stereocenters. The fourth-order valence-electron chi connectivity index (χ4n) is 2.21. The zero-order chi connectivity index (χ0) is 11.5. The van der Waals surface area contributed by atoms with Gasteiger partial charge in [-0.05, 0) is 20.8 Å². The van der Waals surface area contributed by atoms with Crippen molar-refractivity contribution in [2.75, 3.05) is 13.1 Å². The molecule has 86 valence electrons. The van der Waals surface area contributed by atoms with Crippen LogP contribution in [0.2, 0.25) is 0 Å². The molecule has 1 heterocycles. The Balaban J connectivity index is 2.15. The summed E-state index contributed by atoms with van der Waals surface area (Å²) < 4.78 is 31.8. The number of rotatable bonds is 1. The van der Waals surface area contributed by atoms with E-state index in [1.165, 1.54) is 0 Å². The maximum atomic E-state index is 13.4. The number of ether oxygens (including phenoxy) is 1. The van der Waals surface area contributed by atoms with Gasteiger partial charge in [0.05, 0.1) is 5.92 Å². The summed E-state index contributed by atoms with van der Waals surface area (Å²) in [6.45, 7) is 5.27. The van der Waals surface area contributed by atoms with E-state index in [1.807, 2.05) is 0 Å². The number of carbonyl (C=O) groups excluding carboxylic acids is 1. The van der Waals surface area contributed by atoms with E-state index in [0.717, 1.165) is 0 Å². The number of carbonyl (C=O) groups is 1. The van der Waals surface area contributed by atoms with Crippen molar-refractivity contribution in [1.82, 2.24) is 5.32 Å². The molecule has 2 fully saturated rings. The molecule has 0 aromatic heterocycles. The van der Waals surface area contributed by atoms with Gasteiger partial charge in [-0.2, -0.15) is 0 Å². The lowest BCUT2D eigenvalue weighted by atomic mass is 10.1. The van der Waals surface area contributed by atoms with Crippen molar-refractivity contribution in [3.63, 3.8) is 0 Å². The minimum absolute atomic E-state index is 0.0274. The Morgan fingerprint density at radius 1 is 1.47 bits per heavy atom. The Morgan fingerprint density at radius 3 is 2.47 bits per heavy atom. The summed E-state index contributed by atoms with van der Waals surface area (Å²) in [7, 11) is 0. The quantitative estimate of drug-likeness (QED) is 0.673. The van der Waals surface area contributed by atoms with E-state index in [1.54, 1.807) is 20.8 Å². The standard InChI is InChI=1S/C10H15F2NO2/c1-8(2,3)15-7(14)9-5-13-4-6(9)10(9,11)12/h6,13H,4-5H2,1-3H3. The number of fused-ring (bicyclic) bond motifs is 1. The molecule has 2 aliphatic rings. The third-order valence-electron chi connectivity index (χ3n) is 3.06. The molecule has 5 heteroatoms. The van der Waals surface area contributed by atoms with Crippen molar-refractivity contribution in [3.05, 3.63) is 0 Å². The van der Waals surface area contributed by atoms with E-state index in [4.69, 9.17) is 4.74 Å². The number of alkyl halides is 2. The zero-order valence-electron chi connectivity index (χ0n) is 9.06. The summed E-state index contributed by atoms with van der Waals surface area (Å²) in [5.74, 6) is -4.53. The van der Waals surface area contributed by atoms with E-state index in [0.29, 0.717) is 0 Å². The molecule has 0 bridgehead atoms. The molecule has 1 saturated heterocycles. The predicted molar refractivity (Wildman–Crippen MR) is 49.6 cm³/mol. The molecule has 1 N–H and O–H groups in total. The third-order valence-corrected chi connectivity index (χ3v) is 3.06. The number of halogens is 2. The molecule has 0 aromatic carbocycles. The first-order valence-electron chi connectivity index (χ1n) is 5.04.